The summed E-state index contributed by atoms with van der Waals surface area (Å²) in [6.45, 7) is 3.93. The molecule has 0 radical (unpaired) electrons. The van der Waals surface area contributed by atoms with Gasteiger partial charge in [0.15, 0.2) is 0 Å². The predicted octanol–water partition coefficient (Wildman–Crippen LogP) is 4.76. The zero-order valence-corrected chi connectivity index (χ0v) is 12.9. The van der Waals surface area contributed by atoms with E-state index in [2.05, 4.69) is 24.4 Å². The van der Waals surface area contributed by atoms with E-state index in [4.69, 9.17) is 0 Å². The topological polar surface area (TPSA) is 12.0 Å². The minimum atomic E-state index is -0.483. The van der Waals surface area contributed by atoms with Gasteiger partial charge in [0.05, 0.1) is 0 Å². The lowest BCUT2D eigenvalue weighted by Crippen LogP contribution is -2.13. The number of rotatable bonds is 7. The Hall–Kier alpha value is -1.39. The van der Waals surface area contributed by atoms with E-state index in [1.54, 1.807) is 0 Å². The molecule has 2 rings (SSSR count). The molecule has 0 saturated carbocycles. The molecule has 0 aromatic heterocycles. The van der Waals surface area contributed by atoms with Gasteiger partial charge in [-0.3, -0.25) is 0 Å². The van der Waals surface area contributed by atoms with Crippen LogP contribution in [0.3, 0.4) is 0 Å². The largest absolute Gasteiger partial charge is 0.313 e. The summed E-state index contributed by atoms with van der Waals surface area (Å²) in [5.74, 6) is -0.670. The van der Waals surface area contributed by atoms with Crippen LogP contribution >= 0.6 is 11.8 Å². The van der Waals surface area contributed by atoms with E-state index in [1.165, 1.54) is 35.5 Å². The minimum Gasteiger partial charge on any atom is -0.313 e. The number of thioether (sulfide) groups is 1. The van der Waals surface area contributed by atoms with Crippen molar-refractivity contribution in [3.63, 3.8) is 0 Å². The van der Waals surface area contributed by atoms with E-state index in [-0.39, 0.29) is 5.56 Å². The van der Waals surface area contributed by atoms with Gasteiger partial charge in [0.1, 0.15) is 11.6 Å². The van der Waals surface area contributed by atoms with Gasteiger partial charge in [0, 0.05) is 22.8 Å². The number of nitrogens with one attached hydrogen (secondary N) is 1. The Kier molecular flexibility index (Phi) is 6.21. The van der Waals surface area contributed by atoms with E-state index >= 15 is 0 Å². The zero-order valence-electron chi connectivity index (χ0n) is 12.0. The van der Waals surface area contributed by atoms with Gasteiger partial charge < -0.3 is 5.32 Å². The van der Waals surface area contributed by atoms with Crippen LogP contribution in [0.5, 0.6) is 0 Å². The van der Waals surface area contributed by atoms with Crippen molar-refractivity contribution in [3.05, 3.63) is 65.2 Å². The first-order valence-electron chi connectivity index (χ1n) is 7.06. The van der Waals surface area contributed by atoms with Crippen LogP contribution in [-0.2, 0) is 12.3 Å². The summed E-state index contributed by atoms with van der Waals surface area (Å²) in [6, 6.07) is 12.0. The van der Waals surface area contributed by atoms with Gasteiger partial charge in [-0.1, -0.05) is 25.1 Å². The standard InChI is InChI=1S/C17H19F2NS/c1-2-9-20-11-13-5-3-6-14(10-13)21-12-15-16(18)7-4-8-17(15)19/h3-8,10,20H,2,9,11-12H2,1H3. The Morgan fingerprint density at radius 3 is 2.48 bits per heavy atom. The van der Waals surface area contributed by atoms with Crippen molar-refractivity contribution in [2.24, 2.45) is 0 Å². The van der Waals surface area contributed by atoms with Crippen molar-refractivity contribution in [2.45, 2.75) is 30.5 Å². The number of halogens is 2. The molecule has 4 heteroatoms. The Bertz CT molecular complexity index is 567. The molecule has 0 saturated heterocycles. The fourth-order valence-electron chi connectivity index (χ4n) is 1.98. The third kappa shape index (κ3) is 4.83. The van der Waals surface area contributed by atoms with Crippen molar-refractivity contribution >= 4 is 11.8 Å². The fraction of sp³-hybridized carbons (Fsp3) is 0.294. The summed E-state index contributed by atoms with van der Waals surface area (Å²) >= 11 is 1.45. The molecule has 0 atom stereocenters. The molecule has 0 fully saturated rings. The quantitative estimate of drug-likeness (QED) is 0.585. The number of hydrogen-bond acceptors (Lipinski definition) is 2. The van der Waals surface area contributed by atoms with Gasteiger partial charge >= 0.3 is 0 Å². The van der Waals surface area contributed by atoms with E-state index in [0.717, 1.165) is 24.4 Å². The summed E-state index contributed by atoms with van der Waals surface area (Å²) in [5, 5.41) is 3.34. The molecule has 0 unspecified atom stereocenters. The first-order valence-corrected chi connectivity index (χ1v) is 8.04. The molecule has 0 spiro atoms. The molecule has 21 heavy (non-hydrogen) atoms. The van der Waals surface area contributed by atoms with Crippen LogP contribution < -0.4 is 5.32 Å². The van der Waals surface area contributed by atoms with Gasteiger partial charge in [0.25, 0.3) is 0 Å². The third-order valence-corrected chi connectivity index (χ3v) is 4.12. The summed E-state index contributed by atoms with van der Waals surface area (Å²) in [4.78, 5) is 1.02. The average Bonchev–Trinajstić information content (AvgIpc) is 2.47. The van der Waals surface area contributed by atoms with E-state index in [0.29, 0.717) is 5.75 Å². The van der Waals surface area contributed by atoms with Crippen molar-refractivity contribution in [1.29, 1.82) is 0 Å². The molecule has 0 aliphatic rings. The van der Waals surface area contributed by atoms with Gasteiger partial charge in [-0.25, -0.2) is 8.78 Å². The van der Waals surface area contributed by atoms with Crippen LogP contribution in [-0.4, -0.2) is 6.54 Å². The molecular formula is C17H19F2NS. The second-order valence-electron chi connectivity index (χ2n) is 4.81. The highest BCUT2D eigenvalue weighted by Crippen LogP contribution is 2.26. The molecule has 0 bridgehead atoms. The van der Waals surface area contributed by atoms with Crippen molar-refractivity contribution in [2.75, 3.05) is 6.54 Å². The Labute approximate surface area is 128 Å². The highest BCUT2D eigenvalue weighted by Gasteiger charge is 2.08. The molecule has 2 aromatic carbocycles. The summed E-state index contributed by atoms with van der Waals surface area (Å²) in [7, 11) is 0. The fourth-order valence-corrected chi connectivity index (χ4v) is 2.98. The van der Waals surface area contributed by atoms with Crippen molar-refractivity contribution in [1.82, 2.24) is 5.32 Å². The van der Waals surface area contributed by atoms with Gasteiger partial charge in [-0.05, 0) is 42.8 Å². The Morgan fingerprint density at radius 1 is 1.05 bits per heavy atom. The number of hydrogen-bond donors (Lipinski definition) is 1. The summed E-state index contributed by atoms with van der Waals surface area (Å²) < 4.78 is 27.1. The maximum atomic E-state index is 13.6. The van der Waals surface area contributed by atoms with Crippen LogP contribution in [0.2, 0.25) is 0 Å². The predicted molar refractivity (Wildman–Crippen MR) is 84.4 cm³/mol. The first kappa shape index (κ1) is 16.0. The first-order chi connectivity index (χ1) is 10.2. The van der Waals surface area contributed by atoms with Crippen LogP contribution in [0.1, 0.15) is 24.5 Å². The molecule has 0 aliphatic carbocycles. The van der Waals surface area contributed by atoms with Crippen LogP contribution in [0, 0.1) is 11.6 Å². The molecule has 112 valence electrons. The maximum absolute atomic E-state index is 13.6. The molecule has 0 aliphatic heterocycles. The highest BCUT2D eigenvalue weighted by atomic mass is 32.2. The summed E-state index contributed by atoms with van der Waals surface area (Å²) in [6.07, 6.45) is 1.10. The molecule has 2 aromatic rings. The van der Waals surface area contributed by atoms with Crippen molar-refractivity contribution in [3.8, 4) is 0 Å². The van der Waals surface area contributed by atoms with Gasteiger partial charge in [0.2, 0.25) is 0 Å². The second kappa shape index (κ2) is 8.15. The third-order valence-electron chi connectivity index (χ3n) is 3.10. The van der Waals surface area contributed by atoms with Crippen LogP contribution in [0.4, 0.5) is 8.78 Å². The SMILES string of the molecule is CCCNCc1cccc(SCc2c(F)cccc2F)c1. The Balaban J connectivity index is 1.98. The minimum absolute atomic E-state index is 0.136. The Morgan fingerprint density at radius 2 is 1.76 bits per heavy atom. The molecular weight excluding hydrogens is 288 g/mol. The van der Waals surface area contributed by atoms with Gasteiger partial charge in [-0.15, -0.1) is 11.8 Å². The lowest BCUT2D eigenvalue weighted by atomic mass is 10.2. The highest BCUT2D eigenvalue weighted by molar-refractivity contribution is 7.98. The summed E-state index contributed by atoms with van der Waals surface area (Å²) in [5.41, 5.74) is 1.32. The molecule has 1 nitrogen and oxygen atoms in total. The average molecular weight is 307 g/mol. The van der Waals surface area contributed by atoms with Crippen LogP contribution in [0.15, 0.2) is 47.4 Å². The lowest BCUT2D eigenvalue weighted by molar-refractivity contribution is 0.566. The van der Waals surface area contributed by atoms with E-state index in [1.807, 2.05) is 12.1 Å². The smallest absolute Gasteiger partial charge is 0.130 e. The number of benzene rings is 2. The molecule has 0 heterocycles. The monoisotopic (exact) mass is 307 g/mol. The lowest BCUT2D eigenvalue weighted by Gasteiger charge is -2.07. The molecule has 0 amide bonds. The molecule has 1 N–H and O–H groups in total. The normalized spacial score (nSPS) is 10.8. The maximum Gasteiger partial charge on any atom is 0.130 e. The van der Waals surface area contributed by atoms with Crippen molar-refractivity contribution < 1.29 is 8.78 Å². The second-order valence-corrected chi connectivity index (χ2v) is 5.86. The van der Waals surface area contributed by atoms with E-state index in [9.17, 15) is 8.78 Å². The van der Waals surface area contributed by atoms with Gasteiger partial charge in [-0.2, -0.15) is 0 Å². The zero-order chi connectivity index (χ0) is 15.1. The van der Waals surface area contributed by atoms with Crippen LogP contribution in [0.25, 0.3) is 0 Å². The van der Waals surface area contributed by atoms with E-state index < -0.39 is 11.6 Å².